The molecule has 0 saturated carbocycles. The van der Waals surface area contributed by atoms with Crippen LogP contribution in [0.25, 0.3) is 0 Å². The van der Waals surface area contributed by atoms with Gasteiger partial charge in [0.1, 0.15) is 0 Å². The van der Waals surface area contributed by atoms with Gasteiger partial charge in [0.2, 0.25) is 0 Å². The van der Waals surface area contributed by atoms with Crippen molar-refractivity contribution < 1.29 is 38.1 Å². The zero-order valence-corrected chi connectivity index (χ0v) is 41.1. The summed E-state index contributed by atoms with van der Waals surface area (Å²) in [5, 5.41) is 0. The first-order chi connectivity index (χ1) is 30.8. The first kappa shape index (κ1) is 58.1. The topological polar surface area (TPSA) is 126 Å². The Morgan fingerprint density at radius 2 is 0.825 bits per heavy atom. The van der Waals surface area contributed by atoms with Gasteiger partial charge in [-0.05, 0) is 64.3 Å². The number of imidazole rings is 1. The molecule has 0 spiro atoms. The molecular weight excluding hydrogens is 795 g/mol. The number of unbranched alkanes of at least 4 members (excludes halogenated alkanes) is 18. The van der Waals surface area contributed by atoms with Gasteiger partial charge in [0, 0.05) is 32.0 Å². The van der Waals surface area contributed by atoms with Gasteiger partial charge in [-0.2, -0.15) is 0 Å². The summed E-state index contributed by atoms with van der Waals surface area (Å²) in [6.07, 6.45) is 36.9. The van der Waals surface area contributed by atoms with Gasteiger partial charge in [0.05, 0.1) is 57.4 Å². The minimum absolute atomic E-state index is 0.0130. The van der Waals surface area contributed by atoms with Crippen molar-refractivity contribution >= 4 is 23.9 Å². The molecule has 0 amide bonds. The van der Waals surface area contributed by atoms with E-state index in [4.69, 9.17) is 18.9 Å². The number of ether oxygens (including phenoxy) is 4. The Labute approximate surface area is 385 Å². The number of rotatable bonds is 46. The van der Waals surface area contributed by atoms with Crippen LogP contribution in [0.15, 0.2) is 18.7 Å². The van der Waals surface area contributed by atoms with Crippen LogP contribution in [-0.2, 0) is 44.7 Å². The molecule has 0 radical (unpaired) electrons. The predicted octanol–water partition coefficient (Wildman–Crippen LogP) is 12.8. The third-order valence-electron chi connectivity index (χ3n) is 12.1. The molecule has 0 fully saturated rings. The summed E-state index contributed by atoms with van der Waals surface area (Å²) in [5.74, 6) is -0.705. The Hall–Kier alpha value is -2.95. The maximum Gasteiger partial charge on any atom is 0.308 e. The summed E-state index contributed by atoms with van der Waals surface area (Å²) in [7, 11) is 0. The maximum absolute atomic E-state index is 13.0. The average molecular weight is 890 g/mol. The van der Waals surface area contributed by atoms with Crippen LogP contribution in [0.2, 0.25) is 0 Å². The van der Waals surface area contributed by atoms with Crippen molar-refractivity contribution in [1.82, 2.24) is 14.5 Å². The third kappa shape index (κ3) is 35.0. The highest BCUT2D eigenvalue weighted by atomic mass is 16.5. The van der Waals surface area contributed by atoms with Crippen LogP contribution in [0.4, 0.5) is 0 Å². The van der Waals surface area contributed by atoms with Crippen LogP contribution in [0.3, 0.4) is 0 Å². The molecule has 0 N–H and O–H groups in total. The number of carbonyl (C=O) groups excluding carboxylic acids is 4. The van der Waals surface area contributed by atoms with Crippen molar-refractivity contribution in [1.29, 1.82) is 0 Å². The second kappa shape index (κ2) is 43.0. The first-order valence-corrected chi connectivity index (χ1v) is 26.2. The van der Waals surface area contributed by atoms with E-state index >= 15 is 0 Å². The molecule has 0 bridgehead atoms. The molecule has 63 heavy (non-hydrogen) atoms. The van der Waals surface area contributed by atoms with Crippen molar-refractivity contribution in [3.8, 4) is 0 Å². The van der Waals surface area contributed by atoms with E-state index in [1.165, 1.54) is 103 Å². The van der Waals surface area contributed by atoms with Crippen LogP contribution >= 0.6 is 0 Å². The van der Waals surface area contributed by atoms with Gasteiger partial charge in [0.25, 0.3) is 0 Å². The highest BCUT2D eigenvalue weighted by Crippen LogP contribution is 2.22. The number of aromatic nitrogens is 2. The molecule has 366 valence electrons. The summed E-state index contributed by atoms with van der Waals surface area (Å²) in [4.78, 5) is 57.6. The normalized spacial score (nSPS) is 12.3. The fraction of sp³-hybridized carbons (Fsp3) is 0.865. The van der Waals surface area contributed by atoms with E-state index in [1.807, 2.05) is 10.8 Å². The molecule has 2 unspecified atom stereocenters. The smallest absolute Gasteiger partial charge is 0.308 e. The van der Waals surface area contributed by atoms with Crippen molar-refractivity contribution in [2.45, 2.75) is 233 Å². The van der Waals surface area contributed by atoms with Crippen molar-refractivity contribution in [2.24, 2.45) is 11.8 Å². The molecule has 11 heteroatoms. The SMILES string of the molecule is CCCCCCCCC(CCCCCC)C(=O)OCCCCOC(=O)CCN(CCCn1ccnc1)CCC(=O)OCCCCOC(=O)C(CCCCCC)CCCCCCCC. The fourth-order valence-corrected chi connectivity index (χ4v) is 7.97. The lowest BCUT2D eigenvalue weighted by Crippen LogP contribution is -2.31. The van der Waals surface area contributed by atoms with Crippen LogP contribution in [0, 0.1) is 11.8 Å². The molecule has 1 heterocycles. The van der Waals surface area contributed by atoms with E-state index in [2.05, 4.69) is 37.6 Å². The molecule has 1 aromatic rings. The number of aryl methyl sites for hydroxylation is 1. The number of carbonyl (C=O) groups is 4. The van der Waals surface area contributed by atoms with Crippen molar-refractivity contribution in [2.75, 3.05) is 46.1 Å². The molecule has 1 aromatic heterocycles. The molecule has 0 saturated heterocycles. The van der Waals surface area contributed by atoms with Crippen molar-refractivity contribution in [3.05, 3.63) is 18.7 Å². The van der Waals surface area contributed by atoms with E-state index in [9.17, 15) is 19.2 Å². The predicted molar refractivity (Wildman–Crippen MR) is 255 cm³/mol. The van der Waals surface area contributed by atoms with E-state index in [0.29, 0.717) is 71.7 Å². The number of hydrogen-bond acceptors (Lipinski definition) is 10. The fourth-order valence-electron chi connectivity index (χ4n) is 7.97. The molecule has 0 aromatic carbocycles. The van der Waals surface area contributed by atoms with E-state index in [-0.39, 0.29) is 48.6 Å². The summed E-state index contributed by atoms with van der Waals surface area (Å²) < 4.78 is 24.5. The van der Waals surface area contributed by atoms with E-state index in [0.717, 1.165) is 64.3 Å². The Kier molecular flexibility index (Phi) is 39.6. The van der Waals surface area contributed by atoms with Gasteiger partial charge in [-0.3, -0.25) is 19.2 Å². The van der Waals surface area contributed by atoms with Crippen LogP contribution in [0.5, 0.6) is 0 Å². The van der Waals surface area contributed by atoms with Gasteiger partial charge in [-0.1, -0.05) is 156 Å². The quantitative estimate of drug-likeness (QED) is 0.0355. The lowest BCUT2D eigenvalue weighted by atomic mass is 9.94. The molecule has 1 rings (SSSR count). The Balaban J connectivity index is 2.40. The average Bonchev–Trinajstić information content (AvgIpc) is 3.81. The second-order valence-electron chi connectivity index (χ2n) is 17.9. The minimum atomic E-state index is -0.272. The van der Waals surface area contributed by atoms with E-state index < -0.39 is 0 Å². The monoisotopic (exact) mass is 890 g/mol. The molecule has 0 aliphatic rings. The molecular formula is C52H95N3O8. The highest BCUT2D eigenvalue weighted by Gasteiger charge is 2.21. The minimum Gasteiger partial charge on any atom is -0.466 e. The van der Waals surface area contributed by atoms with Crippen LogP contribution < -0.4 is 0 Å². The van der Waals surface area contributed by atoms with Gasteiger partial charge >= 0.3 is 23.9 Å². The Morgan fingerprint density at radius 1 is 0.460 bits per heavy atom. The summed E-state index contributed by atoms with van der Waals surface area (Å²) in [6, 6.07) is 0. The highest BCUT2D eigenvalue weighted by molar-refractivity contribution is 5.73. The van der Waals surface area contributed by atoms with Crippen molar-refractivity contribution in [3.63, 3.8) is 0 Å². The van der Waals surface area contributed by atoms with E-state index in [1.54, 1.807) is 12.5 Å². The summed E-state index contributed by atoms with van der Waals surface area (Å²) in [5.41, 5.74) is 0. The van der Waals surface area contributed by atoms with Crippen LogP contribution in [-0.4, -0.2) is 84.4 Å². The lowest BCUT2D eigenvalue weighted by molar-refractivity contribution is -0.150. The molecule has 11 nitrogen and oxygen atoms in total. The largest absolute Gasteiger partial charge is 0.466 e. The number of hydrogen-bond donors (Lipinski definition) is 0. The number of nitrogens with zero attached hydrogens (tertiary/aromatic N) is 3. The standard InChI is InChI=1S/C52H95N3O8/c1-5-9-13-17-19-23-32-47(30-21-15-11-7-3)51(58)62-44-27-25-42-60-49(56)34-39-54(37-29-38-55-41-36-53-46-55)40-35-50(57)61-43-26-28-45-63-52(59)48(31-22-16-12-8-4)33-24-20-18-14-10-6-2/h36,41,46-48H,5-35,37-40,42-45H2,1-4H3. The second-order valence-corrected chi connectivity index (χ2v) is 17.9. The zero-order valence-electron chi connectivity index (χ0n) is 41.1. The summed E-state index contributed by atoms with van der Waals surface area (Å²) >= 11 is 0. The Morgan fingerprint density at radius 3 is 1.21 bits per heavy atom. The molecule has 0 aliphatic carbocycles. The van der Waals surface area contributed by atoms with Gasteiger partial charge < -0.3 is 28.4 Å². The maximum atomic E-state index is 13.0. The van der Waals surface area contributed by atoms with Gasteiger partial charge in [0.15, 0.2) is 0 Å². The molecule has 0 aliphatic heterocycles. The lowest BCUT2D eigenvalue weighted by Gasteiger charge is -2.21. The molecule has 2 atom stereocenters. The van der Waals surface area contributed by atoms with Crippen LogP contribution in [0.1, 0.15) is 227 Å². The van der Waals surface area contributed by atoms with Gasteiger partial charge in [-0.15, -0.1) is 0 Å². The third-order valence-corrected chi connectivity index (χ3v) is 12.1. The Bertz CT molecular complexity index is 1140. The first-order valence-electron chi connectivity index (χ1n) is 26.2. The number of esters is 4. The zero-order chi connectivity index (χ0) is 45.9. The van der Waals surface area contributed by atoms with Gasteiger partial charge in [-0.25, -0.2) is 4.98 Å². The summed E-state index contributed by atoms with van der Waals surface area (Å²) in [6.45, 7) is 12.6.